The first-order chi connectivity index (χ1) is 38.8. The Morgan fingerprint density at radius 1 is 0.430 bits per heavy atom. The molecule has 1 aliphatic heterocycles. The molecule has 6 N–H and O–H groups in total. The average molecular weight is 1120 g/mol. The maximum atomic E-state index is 13.1. The van der Waals surface area contributed by atoms with E-state index >= 15 is 0 Å². The van der Waals surface area contributed by atoms with Crippen LogP contribution in [0.3, 0.4) is 0 Å². The molecule has 0 aromatic rings. The fourth-order valence-corrected chi connectivity index (χ4v) is 11.6. The number of aliphatic hydroxyl groups is 5. The van der Waals surface area contributed by atoms with E-state index in [0.717, 1.165) is 44.9 Å². The van der Waals surface area contributed by atoms with Crippen molar-refractivity contribution in [2.75, 3.05) is 13.2 Å². The van der Waals surface area contributed by atoms with Crippen LogP contribution in [-0.2, 0) is 14.3 Å². The summed E-state index contributed by atoms with van der Waals surface area (Å²) in [6, 6.07) is -0.719. The maximum absolute atomic E-state index is 13.1. The maximum Gasteiger partial charge on any atom is 0.220 e. The van der Waals surface area contributed by atoms with Gasteiger partial charge >= 0.3 is 0 Å². The van der Waals surface area contributed by atoms with Gasteiger partial charge in [0.05, 0.1) is 25.4 Å². The Balaban J connectivity index is 2.11. The topological polar surface area (TPSA) is 149 Å². The SMILES string of the molecule is CCCCCCC/C=C\C/C=C\CCCCCCCCCCCCCCCCCC(=O)NC(COC1OC(CO)C(O)C(O)C1O)C(O)CCCCCCCCCCCCCCCCCCCCCCCCCCCCCCC. The van der Waals surface area contributed by atoms with Crippen LogP contribution in [0.25, 0.3) is 0 Å². The smallest absolute Gasteiger partial charge is 0.220 e. The van der Waals surface area contributed by atoms with Crippen molar-refractivity contribution in [1.29, 1.82) is 0 Å². The molecule has 0 aromatic heterocycles. The van der Waals surface area contributed by atoms with Crippen LogP contribution >= 0.6 is 0 Å². The Morgan fingerprint density at radius 3 is 1.09 bits per heavy atom. The van der Waals surface area contributed by atoms with E-state index in [2.05, 4.69) is 43.5 Å². The monoisotopic (exact) mass is 1120 g/mol. The van der Waals surface area contributed by atoms with Crippen molar-refractivity contribution in [2.45, 2.75) is 403 Å². The van der Waals surface area contributed by atoms with Crippen LogP contribution in [-0.4, -0.2) is 87.5 Å². The molecule has 1 rings (SSSR count). The van der Waals surface area contributed by atoms with Gasteiger partial charge in [0.25, 0.3) is 0 Å². The second-order valence-electron chi connectivity index (χ2n) is 24.7. The summed E-state index contributed by atoms with van der Waals surface area (Å²) in [4.78, 5) is 13.1. The van der Waals surface area contributed by atoms with Crippen LogP contribution in [0.4, 0.5) is 0 Å². The molecule has 1 aliphatic rings. The highest BCUT2D eigenvalue weighted by atomic mass is 16.7. The van der Waals surface area contributed by atoms with E-state index < -0.39 is 49.5 Å². The molecule has 0 aromatic carbocycles. The third-order valence-electron chi connectivity index (χ3n) is 17.1. The van der Waals surface area contributed by atoms with Gasteiger partial charge in [0.2, 0.25) is 5.91 Å². The summed E-state index contributed by atoms with van der Waals surface area (Å²) >= 11 is 0. The van der Waals surface area contributed by atoms with Gasteiger partial charge in [-0.25, -0.2) is 0 Å². The summed E-state index contributed by atoms with van der Waals surface area (Å²) in [6.07, 6.45) is 71.0. The molecule has 7 atom stereocenters. The van der Waals surface area contributed by atoms with Crippen LogP contribution in [0.5, 0.6) is 0 Å². The summed E-state index contributed by atoms with van der Waals surface area (Å²) in [5.74, 6) is -0.137. The van der Waals surface area contributed by atoms with Crippen molar-refractivity contribution in [1.82, 2.24) is 5.32 Å². The zero-order chi connectivity index (χ0) is 57.2. The van der Waals surface area contributed by atoms with Crippen LogP contribution in [0, 0.1) is 0 Å². The third-order valence-corrected chi connectivity index (χ3v) is 17.1. The van der Waals surface area contributed by atoms with Crippen molar-refractivity contribution < 1.29 is 39.8 Å². The Bertz CT molecular complexity index is 1300. The Kier molecular flexibility index (Phi) is 57.3. The summed E-state index contributed by atoms with van der Waals surface area (Å²) in [7, 11) is 0. The second kappa shape index (κ2) is 59.8. The van der Waals surface area contributed by atoms with Gasteiger partial charge in [-0.1, -0.05) is 334 Å². The number of hydrogen-bond donors (Lipinski definition) is 6. The lowest BCUT2D eigenvalue weighted by Gasteiger charge is -2.40. The number of allylic oxidation sites excluding steroid dienone is 4. The number of hydrogen-bond acceptors (Lipinski definition) is 8. The molecule has 0 aliphatic carbocycles. The summed E-state index contributed by atoms with van der Waals surface area (Å²) in [6.45, 7) is 3.88. The lowest BCUT2D eigenvalue weighted by atomic mass is 9.99. The standard InChI is InChI=1S/C70H135NO8/c1-3-5-7-9-11-13-15-17-19-21-23-25-27-29-31-32-34-35-37-39-41-43-45-47-49-51-53-55-57-59-64(73)63(62-78-70-69(77)68(76)67(75)65(61-72)79-70)71-66(74)60-58-56-54-52-50-48-46-44-42-40-38-36-33-30-28-26-24-22-20-18-16-14-12-10-8-6-4-2/h16,18,22,24,63-65,67-70,72-73,75-77H,3-15,17,19-21,23,25-62H2,1-2H3,(H,71,74)/b18-16-,24-22-. The molecule has 0 saturated carbocycles. The van der Waals surface area contributed by atoms with E-state index in [1.165, 1.54) is 289 Å². The molecule has 79 heavy (non-hydrogen) atoms. The highest BCUT2D eigenvalue weighted by Crippen LogP contribution is 2.24. The van der Waals surface area contributed by atoms with Crippen LogP contribution in [0.2, 0.25) is 0 Å². The largest absolute Gasteiger partial charge is 0.394 e. The molecule has 1 heterocycles. The van der Waals surface area contributed by atoms with Gasteiger partial charge in [-0.3, -0.25) is 4.79 Å². The summed E-state index contributed by atoms with van der Waals surface area (Å²) in [5.41, 5.74) is 0. The van der Waals surface area contributed by atoms with E-state index in [9.17, 15) is 30.3 Å². The van der Waals surface area contributed by atoms with Gasteiger partial charge < -0.3 is 40.3 Å². The van der Waals surface area contributed by atoms with Gasteiger partial charge in [0.15, 0.2) is 6.29 Å². The zero-order valence-electron chi connectivity index (χ0n) is 52.4. The molecular weight excluding hydrogens is 983 g/mol. The van der Waals surface area contributed by atoms with Gasteiger partial charge in [-0.15, -0.1) is 0 Å². The Morgan fingerprint density at radius 2 is 0.747 bits per heavy atom. The minimum Gasteiger partial charge on any atom is -0.394 e. The predicted octanol–water partition coefficient (Wildman–Crippen LogP) is 18.9. The van der Waals surface area contributed by atoms with E-state index in [0.29, 0.717) is 12.8 Å². The van der Waals surface area contributed by atoms with E-state index in [-0.39, 0.29) is 12.5 Å². The number of nitrogens with one attached hydrogen (secondary N) is 1. The number of unbranched alkanes of at least 4 members (excludes halogenated alkanes) is 48. The number of amides is 1. The molecule has 7 unspecified atom stereocenters. The normalized spacial score (nSPS) is 18.6. The number of rotatable bonds is 62. The van der Waals surface area contributed by atoms with E-state index in [4.69, 9.17) is 9.47 Å². The Labute approximate surface area is 489 Å². The van der Waals surface area contributed by atoms with Gasteiger partial charge in [0.1, 0.15) is 24.4 Å². The van der Waals surface area contributed by atoms with Gasteiger partial charge in [0, 0.05) is 6.42 Å². The van der Waals surface area contributed by atoms with E-state index in [1.54, 1.807) is 0 Å². The van der Waals surface area contributed by atoms with Crippen molar-refractivity contribution in [3.63, 3.8) is 0 Å². The molecule has 9 heteroatoms. The highest BCUT2D eigenvalue weighted by molar-refractivity contribution is 5.76. The fourth-order valence-electron chi connectivity index (χ4n) is 11.6. The minimum absolute atomic E-state index is 0.134. The van der Waals surface area contributed by atoms with Crippen LogP contribution < -0.4 is 5.32 Å². The molecule has 0 bridgehead atoms. The molecule has 1 saturated heterocycles. The van der Waals surface area contributed by atoms with Crippen LogP contribution in [0.15, 0.2) is 24.3 Å². The third kappa shape index (κ3) is 48.7. The second-order valence-corrected chi connectivity index (χ2v) is 24.7. The average Bonchev–Trinajstić information content (AvgIpc) is 3.47. The fraction of sp³-hybridized carbons (Fsp3) is 0.929. The lowest BCUT2D eigenvalue weighted by molar-refractivity contribution is -0.302. The van der Waals surface area contributed by atoms with Crippen molar-refractivity contribution in [3.05, 3.63) is 24.3 Å². The first-order valence-electron chi connectivity index (χ1n) is 35.0. The molecular formula is C70H135NO8. The molecule has 9 nitrogen and oxygen atoms in total. The van der Waals surface area contributed by atoms with Crippen molar-refractivity contribution in [3.8, 4) is 0 Å². The van der Waals surface area contributed by atoms with Gasteiger partial charge in [-0.2, -0.15) is 0 Å². The highest BCUT2D eigenvalue weighted by Gasteiger charge is 2.44. The molecule has 468 valence electrons. The number of ether oxygens (including phenoxy) is 2. The van der Waals surface area contributed by atoms with Crippen molar-refractivity contribution >= 4 is 5.91 Å². The first-order valence-corrected chi connectivity index (χ1v) is 35.0. The van der Waals surface area contributed by atoms with Crippen molar-refractivity contribution in [2.24, 2.45) is 0 Å². The van der Waals surface area contributed by atoms with Crippen LogP contribution in [0.1, 0.15) is 361 Å². The lowest BCUT2D eigenvalue weighted by Crippen LogP contribution is -2.60. The molecule has 1 amide bonds. The van der Waals surface area contributed by atoms with Gasteiger partial charge in [-0.05, 0) is 44.9 Å². The summed E-state index contributed by atoms with van der Waals surface area (Å²) < 4.78 is 11.4. The minimum atomic E-state index is -1.55. The molecule has 0 spiro atoms. The quantitative estimate of drug-likeness (QED) is 0.0261. The number of aliphatic hydroxyl groups excluding tert-OH is 5. The Hall–Kier alpha value is -1.33. The molecule has 1 fully saturated rings. The first kappa shape index (κ1) is 75.7. The molecule has 0 radical (unpaired) electrons. The number of carbonyl (C=O) groups excluding carboxylic acids is 1. The predicted molar refractivity (Wildman–Crippen MR) is 337 cm³/mol. The number of carbonyl (C=O) groups is 1. The zero-order valence-corrected chi connectivity index (χ0v) is 52.4. The van der Waals surface area contributed by atoms with E-state index in [1.807, 2.05) is 0 Å². The summed E-state index contributed by atoms with van der Waals surface area (Å²) in [5, 5.41) is 54.9.